The molecule has 2 fully saturated rings. The normalized spacial score (nSPS) is 18.9. The lowest BCUT2D eigenvalue weighted by molar-refractivity contribution is -0.131. The zero-order chi connectivity index (χ0) is 21.0. The Hall–Kier alpha value is -3.36. The number of benzene rings is 1. The molecule has 2 aliphatic rings. The number of hydrogen-bond acceptors (Lipinski definition) is 6. The molecule has 1 saturated carbocycles. The molecule has 0 radical (unpaired) electrons. The van der Waals surface area contributed by atoms with Crippen molar-refractivity contribution in [2.24, 2.45) is 5.73 Å². The quantitative estimate of drug-likeness (QED) is 0.524. The summed E-state index contributed by atoms with van der Waals surface area (Å²) in [6.07, 6.45) is 4.77. The van der Waals surface area contributed by atoms with E-state index < -0.39 is 23.8 Å². The van der Waals surface area contributed by atoms with Crippen LogP contribution in [-0.2, 0) is 14.4 Å². The van der Waals surface area contributed by atoms with Gasteiger partial charge >= 0.3 is 6.03 Å². The third-order valence-corrected chi connectivity index (χ3v) is 4.77. The Morgan fingerprint density at radius 1 is 1.21 bits per heavy atom. The molecule has 1 aliphatic heterocycles. The number of carbonyl (C=O) groups is 4. The van der Waals surface area contributed by atoms with Gasteiger partial charge in [-0.25, -0.2) is 4.79 Å². The smallest absolute Gasteiger partial charge is 0.331 e. The van der Waals surface area contributed by atoms with Gasteiger partial charge in [-0.2, -0.15) is 0 Å². The molecule has 1 heterocycles. The molecule has 1 saturated heterocycles. The number of carbonyl (C=O) groups excluding carboxylic acids is 4. The van der Waals surface area contributed by atoms with Gasteiger partial charge in [-0.3, -0.25) is 24.6 Å². The SMILES string of the molecule is CCOc1cc(C=C2C(=O)NC(=O)N(C3CCCC3)C2=O)ccc1OCC(N)=O. The van der Waals surface area contributed by atoms with E-state index >= 15 is 0 Å². The van der Waals surface area contributed by atoms with Crippen molar-refractivity contribution < 1.29 is 28.7 Å². The van der Waals surface area contributed by atoms with Gasteiger partial charge in [0.1, 0.15) is 5.57 Å². The Morgan fingerprint density at radius 2 is 1.93 bits per heavy atom. The van der Waals surface area contributed by atoms with Crippen LogP contribution in [0.25, 0.3) is 6.08 Å². The lowest BCUT2D eigenvalue weighted by Crippen LogP contribution is -2.57. The van der Waals surface area contributed by atoms with E-state index in [0.29, 0.717) is 23.7 Å². The average Bonchev–Trinajstić information content (AvgIpc) is 3.18. The number of rotatable bonds is 7. The highest BCUT2D eigenvalue weighted by molar-refractivity contribution is 6.31. The molecule has 0 atom stereocenters. The zero-order valence-electron chi connectivity index (χ0n) is 16.1. The van der Waals surface area contributed by atoms with E-state index in [-0.39, 0.29) is 18.2 Å². The van der Waals surface area contributed by atoms with Gasteiger partial charge in [-0.15, -0.1) is 0 Å². The molecular formula is C20H23N3O6. The van der Waals surface area contributed by atoms with Gasteiger partial charge in [0.15, 0.2) is 18.1 Å². The van der Waals surface area contributed by atoms with E-state index in [1.807, 2.05) is 0 Å². The fourth-order valence-electron chi connectivity index (χ4n) is 3.48. The van der Waals surface area contributed by atoms with E-state index in [4.69, 9.17) is 15.2 Å². The van der Waals surface area contributed by atoms with Gasteiger partial charge in [0.25, 0.3) is 17.7 Å². The number of ether oxygens (including phenoxy) is 2. The Kier molecular flexibility index (Phi) is 6.16. The standard InChI is InChI=1S/C20H23N3O6/c1-2-28-16-10-12(7-8-15(16)29-11-17(21)24)9-14-18(25)22-20(27)23(19(14)26)13-5-3-4-6-13/h7-10,13H,2-6,11H2,1H3,(H2,21,24)(H,22,25,27). The molecule has 1 aromatic carbocycles. The number of nitrogens with two attached hydrogens (primary N) is 1. The van der Waals surface area contributed by atoms with Crippen molar-refractivity contribution >= 4 is 29.8 Å². The van der Waals surface area contributed by atoms with Gasteiger partial charge in [0.05, 0.1) is 6.61 Å². The van der Waals surface area contributed by atoms with Crippen molar-refractivity contribution in [3.63, 3.8) is 0 Å². The summed E-state index contributed by atoms with van der Waals surface area (Å²) in [5, 5.41) is 2.24. The number of nitrogens with one attached hydrogen (secondary N) is 1. The summed E-state index contributed by atoms with van der Waals surface area (Å²) >= 11 is 0. The number of hydrogen-bond donors (Lipinski definition) is 2. The molecule has 9 heteroatoms. The largest absolute Gasteiger partial charge is 0.490 e. The molecule has 0 bridgehead atoms. The van der Waals surface area contributed by atoms with Crippen LogP contribution in [0.3, 0.4) is 0 Å². The summed E-state index contributed by atoms with van der Waals surface area (Å²) in [4.78, 5) is 49.4. The third-order valence-electron chi connectivity index (χ3n) is 4.77. The highest BCUT2D eigenvalue weighted by Gasteiger charge is 2.40. The molecule has 3 rings (SSSR count). The summed E-state index contributed by atoms with van der Waals surface area (Å²) in [5.41, 5.74) is 5.49. The van der Waals surface area contributed by atoms with E-state index in [2.05, 4.69) is 5.32 Å². The molecule has 154 valence electrons. The van der Waals surface area contributed by atoms with Crippen LogP contribution in [0.4, 0.5) is 4.79 Å². The highest BCUT2D eigenvalue weighted by atomic mass is 16.5. The fourth-order valence-corrected chi connectivity index (χ4v) is 3.48. The molecule has 3 N–H and O–H groups in total. The topological polar surface area (TPSA) is 128 Å². The number of imide groups is 2. The van der Waals surface area contributed by atoms with Crippen molar-refractivity contribution in [2.75, 3.05) is 13.2 Å². The molecule has 29 heavy (non-hydrogen) atoms. The minimum absolute atomic E-state index is 0.121. The van der Waals surface area contributed by atoms with Crippen molar-refractivity contribution in [2.45, 2.75) is 38.6 Å². The van der Waals surface area contributed by atoms with Gasteiger partial charge in [-0.05, 0) is 43.5 Å². The first kappa shape index (κ1) is 20.4. The lowest BCUT2D eigenvalue weighted by atomic mass is 10.0. The molecule has 0 aromatic heterocycles. The number of nitrogens with zero attached hydrogens (tertiary/aromatic N) is 1. The van der Waals surface area contributed by atoms with Crippen molar-refractivity contribution in [1.29, 1.82) is 0 Å². The minimum atomic E-state index is -0.735. The number of amides is 5. The Balaban J connectivity index is 1.89. The van der Waals surface area contributed by atoms with Crippen LogP contribution in [0.2, 0.25) is 0 Å². The molecule has 0 spiro atoms. The fraction of sp³-hybridized carbons (Fsp3) is 0.400. The number of primary amides is 1. The second kappa shape index (κ2) is 8.76. The molecule has 1 aromatic rings. The zero-order valence-corrected chi connectivity index (χ0v) is 16.1. The van der Waals surface area contributed by atoms with Crippen LogP contribution >= 0.6 is 0 Å². The molecular weight excluding hydrogens is 378 g/mol. The van der Waals surface area contributed by atoms with Gasteiger partial charge in [0.2, 0.25) is 0 Å². The van der Waals surface area contributed by atoms with E-state index in [1.165, 1.54) is 6.08 Å². The monoisotopic (exact) mass is 401 g/mol. The molecule has 0 unspecified atom stereocenters. The lowest BCUT2D eigenvalue weighted by Gasteiger charge is -2.31. The Labute approximate surface area is 167 Å². The van der Waals surface area contributed by atoms with Crippen LogP contribution in [0.1, 0.15) is 38.2 Å². The summed E-state index contributed by atoms with van der Waals surface area (Å²) in [7, 11) is 0. The molecule has 1 aliphatic carbocycles. The van der Waals surface area contributed by atoms with Crippen LogP contribution in [-0.4, -0.2) is 47.9 Å². The average molecular weight is 401 g/mol. The molecule has 5 amide bonds. The highest BCUT2D eigenvalue weighted by Crippen LogP contribution is 2.31. The first-order valence-electron chi connectivity index (χ1n) is 9.49. The maximum absolute atomic E-state index is 12.9. The Morgan fingerprint density at radius 3 is 2.59 bits per heavy atom. The maximum atomic E-state index is 12.9. The van der Waals surface area contributed by atoms with Gasteiger partial charge in [-0.1, -0.05) is 18.9 Å². The van der Waals surface area contributed by atoms with Gasteiger partial charge in [0, 0.05) is 6.04 Å². The predicted octanol–water partition coefficient (Wildman–Crippen LogP) is 1.35. The van der Waals surface area contributed by atoms with Crippen LogP contribution in [0, 0.1) is 0 Å². The van der Waals surface area contributed by atoms with E-state index in [0.717, 1.165) is 30.6 Å². The second-order valence-electron chi connectivity index (χ2n) is 6.82. The van der Waals surface area contributed by atoms with E-state index in [9.17, 15) is 19.2 Å². The minimum Gasteiger partial charge on any atom is -0.490 e. The molecule has 9 nitrogen and oxygen atoms in total. The van der Waals surface area contributed by atoms with Crippen molar-refractivity contribution in [1.82, 2.24) is 10.2 Å². The van der Waals surface area contributed by atoms with Gasteiger partial charge < -0.3 is 15.2 Å². The third kappa shape index (κ3) is 4.56. The Bertz CT molecular complexity index is 873. The summed E-state index contributed by atoms with van der Waals surface area (Å²) in [6.45, 7) is 1.82. The van der Waals surface area contributed by atoms with Crippen LogP contribution in [0.5, 0.6) is 11.5 Å². The van der Waals surface area contributed by atoms with Crippen LogP contribution in [0.15, 0.2) is 23.8 Å². The first-order chi connectivity index (χ1) is 13.9. The second-order valence-corrected chi connectivity index (χ2v) is 6.82. The van der Waals surface area contributed by atoms with Crippen molar-refractivity contribution in [3.8, 4) is 11.5 Å². The van der Waals surface area contributed by atoms with E-state index in [1.54, 1.807) is 25.1 Å². The number of barbiturate groups is 1. The number of urea groups is 1. The van der Waals surface area contributed by atoms with Crippen LogP contribution < -0.4 is 20.5 Å². The first-order valence-corrected chi connectivity index (χ1v) is 9.49. The summed E-state index contributed by atoms with van der Waals surface area (Å²) < 4.78 is 10.8. The van der Waals surface area contributed by atoms with Crippen molar-refractivity contribution in [3.05, 3.63) is 29.3 Å². The summed E-state index contributed by atoms with van der Waals surface area (Å²) in [6, 6.07) is 3.90. The maximum Gasteiger partial charge on any atom is 0.331 e. The predicted molar refractivity (Wildman–Crippen MR) is 103 cm³/mol. The summed E-state index contributed by atoms with van der Waals surface area (Å²) in [5.74, 6) is -1.30.